The van der Waals surface area contributed by atoms with E-state index in [2.05, 4.69) is 21.7 Å². The molecule has 2 N–H and O–H groups in total. The fourth-order valence-corrected chi connectivity index (χ4v) is 3.07. The summed E-state index contributed by atoms with van der Waals surface area (Å²) in [6, 6.07) is 12.2. The van der Waals surface area contributed by atoms with Crippen molar-refractivity contribution in [1.29, 1.82) is 0 Å². The van der Waals surface area contributed by atoms with Gasteiger partial charge in [-0.1, -0.05) is 31.4 Å². The molecule has 1 aromatic carbocycles. The van der Waals surface area contributed by atoms with Crippen LogP contribution >= 0.6 is 0 Å². The van der Waals surface area contributed by atoms with Gasteiger partial charge in [0.05, 0.1) is 0 Å². The van der Waals surface area contributed by atoms with E-state index in [0.717, 1.165) is 35.3 Å². The molecule has 3 rings (SSSR count). The second-order valence-corrected chi connectivity index (χ2v) is 6.20. The van der Waals surface area contributed by atoms with Crippen LogP contribution < -0.4 is 10.6 Å². The Labute approximate surface area is 137 Å². The van der Waals surface area contributed by atoms with Gasteiger partial charge in [0.2, 0.25) is 0 Å². The van der Waals surface area contributed by atoms with E-state index in [1.54, 1.807) is 0 Å². The number of urea groups is 1. The molecule has 1 fully saturated rings. The number of aromatic nitrogens is 1. The number of hydrogen-bond acceptors (Lipinski definition) is 2. The van der Waals surface area contributed by atoms with E-state index in [9.17, 15) is 4.79 Å². The molecule has 4 heteroatoms. The van der Waals surface area contributed by atoms with Crippen LogP contribution in [-0.2, 0) is 0 Å². The second-order valence-electron chi connectivity index (χ2n) is 6.20. The first kappa shape index (κ1) is 15.5. The summed E-state index contributed by atoms with van der Waals surface area (Å²) in [5, 5.41) is 5.98. The zero-order valence-corrected chi connectivity index (χ0v) is 13.5. The molecule has 1 aliphatic rings. The minimum atomic E-state index is -0.107. The number of amides is 2. The summed E-state index contributed by atoms with van der Waals surface area (Å²) in [7, 11) is 0. The van der Waals surface area contributed by atoms with E-state index in [0.29, 0.717) is 6.04 Å². The smallest absolute Gasteiger partial charge is 0.319 e. The van der Waals surface area contributed by atoms with E-state index in [1.807, 2.05) is 43.5 Å². The van der Waals surface area contributed by atoms with Crippen LogP contribution in [0.4, 0.5) is 10.5 Å². The molecule has 2 amide bonds. The molecular weight excluding hydrogens is 286 g/mol. The van der Waals surface area contributed by atoms with E-state index in [4.69, 9.17) is 0 Å². The van der Waals surface area contributed by atoms with Gasteiger partial charge in [-0.25, -0.2) is 4.79 Å². The molecule has 1 heterocycles. The highest BCUT2D eigenvalue weighted by molar-refractivity contribution is 5.89. The Hall–Kier alpha value is -2.36. The quantitative estimate of drug-likeness (QED) is 0.876. The van der Waals surface area contributed by atoms with Crippen LogP contribution in [0, 0.1) is 6.92 Å². The lowest BCUT2D eigenvalue weighted by Crippen LogP contribution is -2.38. The topological polar surface area (TPSA) is 54.0 Å². The number of carbonyl (C=O) groups is 1. The summed E-state index contributed by atoms with van der Waals surface area (Å²) in [6.07, 6.45) is 7.71. The van der Waals surface area contributed by atoms with Gasteiger partial charge < -0.3 is 10.6 Å². The standard InChI is InChI=1S/C19H23N3O/c1-14-13-16(11-12-20-14)15-7-9-18(10-8-15)22-19(23)21-17-5-3-2-4-6-17/h7-13,17H,2-6H2,1H3,(H2,21,22,23). The Morgan fingerprint density at radius 2 is 1.78 bits per heavy atom. The average molecular weight is 309 g/mol. The van der Waals surface area contributed by atoms with E-state index in [-0.39, 0.29) is 6.03 Å². The zero-order chi connectivity index (χ0) is 16.1. The van der Waals surface area contributed by atoms with Gasteiger partial charge in [0.15, 0.2) is 0 Å². The third-order valence-electron chi connectivity index (χ3n) is 4.31. The van der Waals surface area contributed by atoms with Crippen molar-refractivity contribution in [3.63, 3.8) is 0 Å². The van der Waals surface area contributed by atoms with Gasteiger partial charge in [-0.05, 0) is 55.2 Å². The number of pyridine rings is 1. The SMILES string of the molecule is Cc1cc(-c2ccc(NC(=O)NC3CCCCC3)cc2)ccn1. The zero-order valence-electron chi connectivity index (χ0n) is 13.5. The Bertz CT molecular complexity index is 661. The highest BCUT2D eigenvalue weighted by atomic mass is 16.2. The molecule has 0 aliphatic heterocycles. The first-order chi connectivity index (χ1) is 11.2. The fraction of sp³-hybridized carbons (Fsp3) is 0.368. The summed E-state index contributed by atoms with van der Waals surface area (Å²) >= 11 is 0. The molecule has 2 aromatic rings. The fourth-order valence-electron chi connectivity index (χ4n) is 3.07. The first-order valence-corrected chi connectivity index (χ1v) is 8.31. The van der Waals surface area contributed by atoms with Crippen molar-refractivity contribution in [3.05, 3.63) is 48.3 Å². The molecule has 0 bridgehead atoms. The lowest BCUT2D eigenvalue weighted by molar-refractivity contribution is 0.244. The molecule has 1 aliphatic carbocycles. The lowest BCUT2D eigenvalue weighted by Gasteiger charge is -2.22. The first-order valence-electron chi connectivity index (χ1n) is 8.31. The van der Waals surface area contributed by atoms with E-state index >= 15 is 0 Å². The van der Waals surface area contributed by atoms with Gasteiger partial charge in [-0.2, -0.15) is 0 Å². The maximum absolute atomic E-state index is 12.0. The lowest BCUT2D eigenvalue weighted by atomic mass is 9.96. The van der Waals surface area contributed by atoms with Crippen LogP contribution in [0.2, 0.25) is 0 Å². The van der Waals surface area contributed by atoms with Crippen molar-refractivity contribution < 1.29 is 4.79 Å². The van der Waals surface area contributed by atoms with Gasteiger partial charge in [-0.3, -0.25) is 4.98 Å². The van der Waals surface area contributed by atoms with Gasteiger partial charge in [0.25, 0.3) is 0 Å². The molecule has 4 nitrogen and oxygen atoms in total. The van der Waals surface area contributed by atoms with Crippen molar-refractivity contribution in [1.82, 2.24) is 10.3 Å². The van der Waals surface area contributed by atoms with E-state index in [1.165, 1.54) is 19.3 Å². The van der Waals surface area contributed by atoms with Gasteiger partial charge in [0.1, 0.15) is 0 Å². The minimum absolute atomic E-state index is 0.107. The Balaban J connectivity index is 1.59. The van der Waals surface area contributed by atoms with Gasteiger partial charge >= 0.3 is 6.03 Å². The number of hydrogen-bond donors (Lipinski definition) is 2. The summed E-state index contributed by atoms with van der Waals surface area (Å²) < 4.78 is 0. The number of anilines is 1. The highest BCUT2D eigenvalue weighted by Gasteiger charge is 2.15. The number of rotatable bonds is 3. The molecule has 0 radical (unpaired) electrons. The maximum atomic E-state index is 12.0. The van der Waals surface area contributed by atoms with Crippen LogP contribution in [0.25, 0.3) is 11.1 Å². The van der Waals surface area contributed by atoms with Crippen molar-refractivity contribution >= 4 is 11.7 Å². The predicted octanol–water partition coefficient (Wildman–Crippen LogP) is 4.51. The summed E-state index contributed by atoms with van der Waals surface area (Å²) in [4.78, 5) is 16.3. The average Bonchev–Trinajstić information content (AvgIpc) is 2.56. The number of aryl methyl sites for hydroxylation is 1. The molecule has 0 unspecified atom stereocenters. The summed E-state index contributed by atoms with van der Waals surface area (Å²) in [6.45, 7) is 1.98. The largest absolute Gasteiger partial charge is 0.335 e. The highest BCUT2D eigenvalue weighted by Crippen LogP contribution is 2.22. The van der Waals surface area contributed by atoms with Crippen LogP contribution in [0.3, 0.4) is 0 Å². The summed E-state index contributed by atoms with van der Waals surface area (Å²) in [5.74, 6) is 0. The van der Waals surface area contributed by atoms with Crippen LogP contribution in [-0.4, -0.2) is 17.1 Å². The van der Waals surface area contributed by atoms with Crippen molar-refractivity contribution in [3.8, 4) is 11.1 Å². The predicted molar refractivity (Wildman–Crippen MR) is 93.4 cm³/mol. The monoisotopic (exact) mass is 309 g/mol. The third-order valence-corrected chi connectivity index (χ3v) is 4.31. The molecular formula is C19H23N3O. The van der Waals surface area contributed by atoms with Crippen molar-refractivity contribution in [2.24, 2.45) is 0 Å². The van der Waals surface area contributed by atoms with E-state index < -0.39 is 0 Å². The van der Waals surface area contributed by atoms with Gasteiger partial charge in [-0.15, -0.1) is 0 Å². The van der Waals surface area contributed by atoms with Crippen molar-refractivity contribution in [2.75, 3.05) is 5.32 Å². The summed E-state index contributed by atoms with van der Waals surface area (Å²) in [5.41, 5.74) is 4.06. The van der Waals surface area contributed by atoms with Gasteiger partial charge in [0, 0.05) is 23.6 Å². The molecule has 120 valence electrons. The number of nitrogens with zero attached hydrogens (tertiary/aromatic N) is 1. The molecule has 0 atom stereocenters. The Morgan fingerprint density at radius 3 is 2.48 bits per heavy atom. The van der Waals surface area contributed by atoms with Crippen LogP contribution in [0.1, 0.15) is 37.8 Å². The maximum Gasteiger partial charge on any atom is 0.319 e. The number of carbonyl (C=O) groups excluding carboxylic acids is 1. The van der Waals surface area contributed by atoms with Crippen LogP contribution in [0.15, 0.2) is 42.6 Å². The number of benzene rings is 1. The second kappa shape index (κ2) is 7.27. The normalized spacial score (nSPS) is 15.2. The van der Waals surface area contributed by atoms with Crippen molar-refractivity contribution in [2.45, 2.75) is 45.1 Å². The molecule has 0 saturated heterocycles. The third kappa shape index (κ3) is 4.31. The van der Waals surface area contributed by atoms with Crippen LogP contribution in [0.5, 0.6) is 0 Å². The molecule has 1 aromatic heterocycles. The number of nitrogens with one attached hydrogen (secondary N) is 2. The molecule has 1 saturated carbocycles. The molecule has 23 heavy (non-hydrogen) atoms. The Kier molecular flexibility index (Phi) is 4.91. The molecule has 0 spiro atoms. The minimum Gasteiger partial charge on any atom is -0.335 e. The Morgan fingerprint density at radius 1 is 1.04 bits per heavy atom.